The number of ether oxygens (including phenoxy) is 2. The topological polar surface area (TPSA) is 86.3 Å². The number of benzene rings is 1. The molecule has 1 heterocycles. The first-order valence-corrected chi connectivity index (χ1v) is 12.8. The van der Waals surface area contributed by atoms with Crippen molar-refractivity contribution in [1.82, 2.24) is 0 Å². The van der Waals surface area contributed by atoms with Crippen LogP contribution in [0.15, 0.2) is 12.1 Å². The highest BCUT2D eigenvalue weighted by atomic mass is 28.4. The zero-order valence-corrected chi connectivity index (χ0v) is 19.8. The number of nitrogens with one attached hydrogen (secondary N) is 1. The molecular weight excluding hydrogens is 389 g/mol. The van der Waals surface area contributed by atoms with Gasteiger partial charge in [-0.3, -0.25) is 5.32 Å². The predicted molar refractivity (Wildman–Crippen MR) is 117 cm³/mol. The molecule has 0 aliphatic carbocycles. The Hall–Kier alpha value is -1.55. The monoisotopic (exact) mass is 423 g/mol. The van der Waals surface area contributed by atoms with Crippen LogP contribution in [0.5, 0.6) is 5.75 Å². The van der Waals surface area contributed by atoms with Gasteiger partial charge in [-0.15, -0.1) is 0 Å². The minimum absolute atomic E-state index is 0.121. The molecule has 1 amide bonds. The van der Waals surface area contributed by atoms with Crippen LogP contribution in [0.3, 0.4) is 0 Å². The van der Waals surface area contributed by atoms with Crippen LogP contribution >= 0.6 is 0 Å². The van der Waals surface area contributed by atoms with E-state index in [-0.39, 0.29) is 11.6 Å². The molecule has 7 nitrogen and oxygen atoms in total. The van der Waals surface area contributed by atoms with Gasteiger partial charge in [-0.25, -0.2) is 4.79 Å². The normalized spacial score (nSPS) is 14.6. The Labute approximate surface area is 175 Å². The van der Waals surface area contributed by atoms with E-state index in [0.29, 0.717) is 30.1 Å². The summed E-state index contributed by atoms with van der Waals surface area (Å²) >= 11 is 0. The average Bonchev–Trinajstić information content (AvgIpc) is 2.89. The Balaban J connectivity index is 2.08. The largest absolute Gasteiger partial charge is 0.495 e. The summed E-state index contributed by atoms with van der Waals surface area (Å²) in [7, 11) is -2.90. The summed E-state index contributed by atoms with van der Waals surface area (Å²) in [5.74, 6) is 0.470. The molecule has 0 unspecified atom stereocenters. The highest BCUT2D eigenvalue weighted by molar-refractivity contribution is 6.74. The quantitative estimate of drug-likeness (QED) is 0.537. The maximum Gasteiger partial charge on any atom is 0.495 e. The zero-order chi connectivity index (χ0) is 22.0. The number of fused-ring (bicyclic) bond motifs is 1. The van der Waals surface area contributed by atoms with Gasteiger partial charge in [-0.1, -0.05) is 20.8 Å². The van der Waals surface area contributed by atoms with E-state index in [0.717, 1.165) is 5.56 Å². The van der Waals surface area contributed by atoms with E-state index < -0.39 is 27.1 Å². The minimum Gasteiger partial charge on any atom is -0.492 e. The van der Waals surface area contributed by atoms with Gasteiger partial charge in [0.2, 0.25) is 0 Å². The van der Waals surface area contributed by atoms with Crippen LogP contribution in [-0.4, -0.2) is 45.4 Å². The fourth-order valence-electron chi connectivity index (χ4n) is 2.61. The van der Waals surface area contributed by atoms with E-state index >= 15 is 0 Å². The van der Waals surface area contributed by atoms with E-state index in [2.05, 4.69) is 39.2 Å². The molecule has 1 aliphatic heterocycles. The van der Waals surface area contributed by atoms with E-state index in [1.54, 1.807) is 32.9 Å². The molecule has 0 saturated heterocycles. The molecular formula is C20H34BNO6Si. The molecule has 0 aromatic heterocycles. The molecule has 162 valence electrons. The van der Waals surface area contributed by atoms with E-state index in [1.165, 1.54) is 0 Å². The molecule has 2 N–H and O–H groups in total. The number of hydrogen-bond acceptors (Lipinski definition) is 6. The van der Waals surface area contributed by atoms with Gasteiger partial charge >= 0.3 is 13.2 Å². The smallest absolute Gasteiger partial charge is 0.492 e. The zero-order valence-electron chi connectivity index (χ0n) is 18.8. The fourth-order valence-corrected chi connectivity index (χ4v) is 3.64. The second kappa shape index (κ2) is 8.67. The first-order chi connectivity index (χ1) is 13.2. The molecule has 0 radical (unpaired) electrons. The van der Waals surface area contributed by atoms with Crippen LogP contribution < -0.4 is 15.5 Å². The first-order valence-electron chi connectivity index (χ1n) is 9.93. The second-order valence-corrected chi connectivity index (χ2v) is 14.6. The molecule has 0 spiro atoms. The van der Waals surface area contributed by atoms with Gasteiger partial charge in [-0.2, -0.15) is 0 Å². The maximum atomic E-state index is 12.1. The van der Waals surface area contributed by atoms with Crippen molar-refractivity contribution in [2.24, 2.45) is 0 Å². The highest BCUT2D eigenvalue weighted by Crippen LogP contribution is 2.36. The third kappa shape index (κ3) is 6.47. The Morgan fingerprint density at radius 2 is 1.86 bits per heavy atom. The molecule has 0 fully saturated rings. The number of hydrogen-bond donors (Lipinski definition) is 2. The summed E-state index contributed by atoms with van der Waals surface area (Å²) in [5, 5.41) is 13.0. The number of carbonyl (C=O) groups is 1. The predicted octanol–water partition coefficient (Wildman–Crippen LogP) is 3.65. The molecule has 1 aliphatic rings. The fraction of sp³-hybridized carbons (Fsp3) is 0.650. The van der Waals surface area contributed by atoms with Gasteiger partial charge in [0.15, 0.2) is 8.32 Å². The standard InChI is InChI=1S/C20H34BNO6Si/c1-19(2,3)28-18(23)22-15-11-14-13-26-21(24)17(14)16(12-15)25-9-10-27-29(7,8)20(4,5)6/h11-12,24H,9-10,13H2,1-8H3,(H,22,23). The summed E-state index contributed by atoms with van der Waals surface area (Å²) in [5.41, 5.74) is 1.29. The SMILES string of the molecule is CC(C)(C)OC(=O)Nc1cc2c(c(OCCO[Si](C)(C)C(C)(C)C)c1)B(O)OC2. The Kier molecular flexibility index (Phi) is 7.10. The third-order valence-corrected chi connectivity index (χ3v) is 9.66. The summed E-state index contributed by atoms with van der Waals surface area (Å²) in [6.07, 6.45) is -0.552. The van der Waals surface area contributed by atoms with Crippen molar-refractivity contribution in [2.45, 2.75) is 71.9 Å². The van der Waals surface area contributed by atoms with Crippen molar-refractivity contribution in [2.75, 3.05) is 18.5 Å². The number of rotatable bonds is 6. The van der Waals surface area contributed by atoms with Gasteiger partial charge in [0.1, 0.15) is 18.0 Å². The third-order valence-electron chi connectivity index (χ3n) is 5.13. The summed E-state index contributed by atoms with van der Waals surface area (Å²) in [6, 6.07) is 3.43. The van der Waals surface area contributed by atoms with Gasteiger partial charge < -0.3 is 23.6 Å². The molecule has 1 aromatic rings. The first kappa shape index (κ1) is 23.7. The van der Waals surface area contributed by atoms with Crippen LogP contribution in [0, 0.1) is 0 Å². The Morgan fingerprint density at radius 3 is 2.45 bits per heavy atom. The molecule has 9 heteroatoms. The van der Waals surface area contributed by atoms with Crippen molar-refractivity contribution in [3.05, 3.63) is 17.7 Å². The summed E-state index contributed by atoms with van der Waals surface area (Å²) in [6.45, 7) is 17.4. The molecule has 1 aromatic carbocycles. The summed E-state index contributed by atoms with van der Waals surface area (Å²) < 4.78 is 22.7. The van der Waals surface area contributed by atoms with Crippen molar-refractivity contribution < 1.29 is 28.4 Å². The van der Waals surface area contributed by atoms with Crippen molar-refractivity contribution >= 4 is 32.7 Å². The van der Waals surface area contributed by atoms with Crippen molar-refractivity contribution in [3.8, 4) is 5.75 Å². The van der Waals surface area contributed by atoms with Crippen molar-refractivity contribution in [3.63, 3.8) is 0 Å². The van der Waals surface area contributed by atoms with Crippen molar-refractivity contribution in [1.29, 1.82) is 0 Å². The lowest BCUT2D eigenvalue weighted by molar-refractivity contribution is 0.0636. The molecule has 0 atom stereocenters. The number of amides is 1. The lowest BCUT2D eigenvalue weighted by atomic mass is 9.78. The second-order valence-electron chi connectivity index (χ2n) is 9.79. The minimum atomic E-state index is -1.86. The highest BCUT2D eigenvalue weighted by Gasteiger charge is 2.37. The lowest BCUT2D eigenvalue weighted by Gasteiger charge is -2.36. The molecule has 0 bridgehead atoms. The van der Waals surface area contributed by atoms with E-state index in [1.807, 2.05) is 0 Å². The number of anilines is 1. The van der Waals surface area contributed by atoms with Gasteiger partial charge in [0.05, 0.1) is 13.2 Å². The van der Waals surface area contributed by atoms with Crippen LogP contribution in [0.1, 0.15) is 47.1 Å². The molecule has 29 heavy (non-hydrogen) atoms. The Bertz CT molecular complexity index is 742. The molecule has 2 rings (SSSR count). The lowest BCUT2D eigenvalue weighted by Crippen LogP contribution is -2.41. The van der Waals surface area contributed by atoms with Crippen LogP contribution in [0.4, 0.5) is 10.5 Å². The van der Waals surface area contributed by atoms with Gasteiger partial charge in [0.25, 0.3) is 0 Å². The number of carbonyl (C=O) groups excluding carboxylic acids is 1. The Morgan fingerprint density at radius 1 is 1.21 bits per heavy atom. The molecule has 0 saturated carbocycles. The maximum absolute atomic E-state index is 12.1. The summed E-state index contributed by atoms with van der Waals surface area (Å²) in [4.78, 5) is 12.1. The van der Waals surface area contributed by atoms with Crippen LogP contribution in [0.2, 0.25) is 18.1 Å². The van der Waals surface area contributed by atoms with Gasteiger partial charge in [0, 0.05) is 17.2 Å². The average molecular weight is 423 g/mol. The van der Waals surface area contributed by atoms with Gasteiger partial charge in [-0.05, 0) is 50.5 Å². The van der Waals surface area contributed by atoms with Crippen LogP contribution in [0.25, 0.3) is 0 Å². The van der Waals surface area contributed by atoms with Crippen LogP contribution in [-0.2, 0) is 20.4 Å². The van der Waals surface area contributed by atoms with E-state index in [9.17, 15) is 9.82 Å². The van der Waals surface area contributed by atoms with E-state index in [4.69, 9.17) is 18.6 Å².